The van der Waals surface area contributed by atoms with Crippen molar-refractivity contribution in [1.29, 1.82) is 0 Å². The van der Waals surface area contributed by atoms with E-state index in [4.69, 9.17) is 9.47 Å². The Morgan fingerprint density at radius 2 is 2.16 bits per heavy atom. The molecule has 2 heterocycles. The average Bonchev–Trinajstić information content (AvgIpc) is 2.80. The highest BCUT2D eigenvalue weighted by molar-refractivity contribution is 5.98. The monoisotopic (exact) mass is 261 g/mol. The van der Waals surface area contributed by atoms with Gasteiger partial charge in [-0.05, 0) is 37.3 Å². The maximum atomic E-state index is 12.6. The van der Waals surface area contributed by atoms with E-state index in [1.807, 2.05) is 23.1 Å². The fourth-order valence-electron chi connectivity index (χ4n) is 2.74. The zero-order valence-electron chi connectivity index (χ0n) is 11.2. The first-order valence-corrected chi connectivity index (χ1v) is 6.93. The topological polar surface area (TPSA) is 38.8 Å². The number of nitrogens with zero attached hydrogens (tertiary/aromatic N) is 1. The second-order valence-corrected chi connectivity index (χ2v) is 5.37. The van der Waals surface area contributed by atoms with Crippen LogP contribution in [-0.4, -0.2) is 30.7 Å². The Bertz CT molecular complexity index is 486. The van der Waals surface area contributed by atoms with Crippen LogP contribution in [0.2, 0.25) is 0 Å². The Morgan fingerprint density at radius 3 is 3.05 bits per heavy atom. The van der Waals surface area contributed by atoms with Gasteiger partial charge in [0, 0.05) is 13.1 Å². The lowest BCUT2D eigenvalue weighted by molar-refractivity contribution is 0.0755. The van der Waals surface area contributed by atoms with Gasteiger partial charge >= 0.3 is 0 Å². The molecule has 1 atom stereocenters. The van der Waals surface area contributed by atoms with Gasteiger partial charge in [0.25, 0.3) is 5.91 Å². The Labute approximate surface area is 113 Å². The molecular weight excluding hydrogens is 242 g/mol. The molecule has 0 N–H and O–H groups in total. The summed E-state index contributed by atoms with van der Waals surface area (Å²) in [5.74, 6) is 2.05. The molecule has 1 fully saturated rings. The van der Waals surface area contributed by atoms with E-state index in [0.717, 1.165) is 25.9 Å². The van der Waals surface area contributed by atoms with Gasteiger partial charge in [0.05, 0.1) is 5.56 Å². The first-order chi connectivity index (χ1) is 9.25. The van der Waals surface area contributed by atoms with Crippen LogP contribution in [0.5, 0.6) is 11.5 Å². The summed E-state index contributed by atoms with van der Waals surface area (Å²) in [6.45, 7) is 4.14. The van der Waals surface area contributed by atoms with Crippen molar-refractivity contribution < 1.29 is 14.3 Å². The van der Waals surface area contributed by atoms with Crippen LogP contribution < -0.4 is 9.47 Å². The molecule has 19 heavy (non-hydrogen) atoms. The molecule has 1 aromatic rings. The third-order valence-electron chi connectivity index (χ3n) is 3.93. The Hall–Kier alpha value is -1.71. The number of amides is 1. The molecular formula is C15H19NO3. The van der Waals surface area contributed by atoms with E-state index >= 15 is 0 Å². The second-order valence-electron chi connectivity index (χ2n) is 5.37. The molecule has 4 nitrogen and oxygen atoms in total. The molecule has 0 radical (unpaired) electrons. The highest BCUT2D eigenvalue weighted by atomic mass is 16.7. The maximum absolute atomic E-state index is 12.6. The summed E-state index contributed by atoms with van der Waals surface area (Å²) in [6.07, 6.45) is 3.37. The van der Waals surface area contributed by atoms with Crippen LogP contribution in [0.4, 0.5) is 0 Å². The number of benzene rings is 1. The lowest BCUT2D eigenvalue weighted by Crippen LogP contribution is -2.32. The number of fused-ring (bicyclic) bond motifs is 1. The quantitative estimate of drug-likeness (QED) is 0.780. The molecule has 102 valence electrons. The molecule has 0 aliphatic carbocycles. The SMILES string of the molecule is C[C@@H]1CCCN(C(=O)c2cccc3c2OCO3)CC1. The van der Waals surface area contributed by atoms with Gasteiger partial charge in [-0.25, -0.2) is 0 Å². The lowest BCUT2D eigenvalue weighted by Gasteiger charge is -2.21. The predicted octanol–water partition coefficient (Wildman–Crippen LogP) is 2.68. The molecule has 0 spiro atoms. The van der Waals surface area contributed by atoms with E-state index < -0.39 is 0 Å². The molecule has 3 rings (SSSR count). The number of ether oxygens (including phenoxy) is 2. The molecule has 1 saturated heterocycles. The number of carbonyl (C=O) groups excluding carboxylic acids is 1. The van der Waals surface area contributed by atoms with Crippen LogP contribution in [0, 0.1) is 5.92 Å². The standard InChI is InChI=1S/C15H19NO3/c1-11-4-3-8-16(9-7-11)15(17)12-5-2-6-13-14(12)19-10-18-13/h2,5-6,11H,3-4,7-10H2,1H3/t11-/m1/s1. The van der Waals surface area contributed by atoms with Crippen LogP contribution in [0.3, 0.4) is 0 Å². The molecule has 1 aromatic carbocycles. The zero-order chi connectivity index (χ0) is 13.2. The molecule has 4 heteroatoms. The number of carbonyl (C=O) groups is 1. The van der Waals surface area contributed by atoms with Gasteiger partial charge < -0.3 is 14.4 Å². The molecule has 0 aromatic heterocycles. The summed E-state index contributed by atoms with van der Waals surface area (Å²) in [4.78, 5) is 14.6. The van der Waals surface area contributed by atoms with Crippen molar-refractivity contribution in [3.63, 3.8) is 0 Å². The third kappa shape index (κ3) is 2.39. The first-order valence-electron chi connectivity index (χ1n) is 6.93. The summed E-state index contributed by atoms with van der Waals surface area (Å²) in [6, 6.07) is 5.51. The highest BCUT2D eigenvalue weighted by Gasteiger charge is 2.26. The number of hydrogen-bond acceptors (Lipinski definition) is 3. The fourth-order valence-corrected chi connectivity index (χ4v) is 2.74. The average molecular weight is 261 g/mol. The Morgan fingerprint density at radius 1 is 1.26 bits per heavy atom. The summed E-state index contributed by atoms with van der Waals surface area (Å²) in [7, 11) is 0. The third-order valence-corrected chi connectivity index (χ3v) is 3.93. The van der Waals surface area contributed by atoms with E-state index in [1.54, 1.807) is 0 Å². The molecule has 0 saturated carbocycles. The van der Waals surface area contributed by atoms with E-state index in [2.05, 4.69) is 6.92 Å². The van der Waals surface area contributed by atoms with E-state index in [9.17, 15) is 4.79 Å². The van der Waals surface area contributed by atoms with Crippen molar-refractivity contribution in [3.05, 3.63) is 23.8 Å². The van der Waals surface area contributed by atoms with Gasteiger partial charge in [-0.1, -0.05) is 13.0 Å². The minimum absolute atomic E-state index is 0.0662. The van der Waals surface area contributed by atoms with Crippen LogP contribution in [0.25, 0.3) is 0 Å². The molecule has 0 bridgehead atoms. The number of para-hydroxylation sites is 1. The van der Waals surface area contributed by atoms with E-state index in [0.29, 0.717) is 23.0 Å². The number of likely N-dealkylation sites (tertiary alicyclic amines) is 1. The molecule has 1 amide bonds. The van der Waals surface area contributed by atoms with Crippen LogP contribution in [0.15, 0.2) is 18.2 Å². The maximum Gasteiger partial charge on any atom is 0.257 e. The number of rotatable bonds is 1. The van der Waals surface area contributed by atoms with Crippen LogP contribution >= 0.6 is 0 Å². The van der Waals surface area contributed by atoms with Gasteiger partial charge in [-0.3, -0.25) is 4.79 Å². The molecule has 2 aliphatic rings. The highest BCUT2D eigenvalue weighted by Crippen LogP contribution is 2.36. The predicted molar refractivity (Wildman–Crippen MR) is 71.5 cm³/mol. The molecule has 2 aliphatic heterocycles. The summed E-state index contributed by atoms with van der Waals surface area (Å²) in [5, 5.41) is 0. The summed E-state index contributed by atoms with van der Waals surface area (Å²) in [5.41, 5.74) is 0.629. The van der Waals surface area contributed by atoms with Gasteiger partial charge in [0.1, 0.15) is 0 Å². The van der Waals surface area contributed by atoms with E-state index in [-0.39, 0.29) is 12.7 Å². The van der Waals surface area contributed by atoms with Crippen molar-refractivity contribution in [2.75, 3.05) is 19.9 Å². The lowest BCUT2D eigenvalue weighted by atomic mass is 10.0. The first kappa shape index (κ1) is 12.3. The smallest absolute Gasteiger partial charge is 0.257 e. The Kier molecular flexibility index (Phi) is 3.32. The van der Waals surface area contributed by atoms with Gasteiger partial charge in [0.2, 0.25) is 6.79 Å². The second kappa shape index (κ2) is 5.11. The van der Waals surface area contributed by atoms with Gasteiger partial charge in [-0.2, -0.15) is 0 Å². The van der Waals surface area contributed by atoms with Crippen LogP contribution in [0.1, 0.15) is 36.5 Å². The minimum atomic E-state index is 0.0662. The minimum Gasteiger partial charge on any atom is -0.454 e. The normalized spacial score (nSPS) is 22.2. The summed E-state index contributed by atoms with van der Waals surface area (Å²) >= 11 is 0. The number of hydrogen-bond donors (Lipinski definition) is 0. The largest absolute Gasteiger partial charge is 0.454 e. The van der Waals surface area contributed by atoms with Crippen molar-refractivity contribution >= 4 is 5.91 Å². The van der Waals surface area contributed by atoms with Crippen molar-refractivity contribution in [3.8, 4) is 11.5 Å². The van der Waals surface area contributed by atoms with Crippen molar-refractivity contribution in [2.24, 2.45) is 5.92 Å². The Balaban J connectivity index is 1.82. The van der Waals surface area contributed by atoms with E-state index in [1.165, 1.54) is 6.42 Å². The molecule has 0 unspecified atom stereocenters. The van der Waals surface area contributed by atoms with Crippen molar-refractivity contribution in [2.45, 2.75) is 26.2 Å². The van der Waals surface area contributed by atoms with Crippen LogP contribution in [-0.2, 0) is 0 Å². The van der Waals surface area contributed by atoms with Gasteiger partial charge in [-0.15, -0.1) is 0 Å². The van der Waals surface area contributed by atoms with Crippen molar-refractivity contribution in [1.82, 2.24) is 4.90 Å². The fraction of sp³-hybridized carbons (Fsp3) is 0.533. The summed E-state index contributed by atoms with van der Waals surface area (Å²) < 4.78 is 10.7. The van der Waals surface area contributed by atoms with Gasteiger partial charge in [0.15, 0.2) is 11.5 Å². The zero-order valence-corrected chi connectivity index (χ0v) is 11.2.